The topological polar surface area (TPSA) is 200 Å². The Morgan fingerprint density at radius 3 is 1.33 bits per heavy atom. The van der Waals surface area contributed by atoms with Crippen molar-refractivity contribution in [3.63, 3.8) is 0 Å². The van der Waals surface area contributed by atoms with Crippen LogP contribution in [0, 0.1) is 0 Å². The molecule has 330 valence electrons. The number of esters is 3. The number of benzene rings is 4. The van der Waals surface area contributed by atoms with Gasteiger partial charge in [0, 0.05) is 39.3 Å². The minimum atomic E-state index is -0.883. The van der Waals surface area contributed by atoms with Crippen LogP contribution in [0.3, 0.4) is 0 Å². The Labute approximate surface area is 381 Å². The van der Waals surface area contributed by atoms with Gasteiger partial charge < -0.3 is 60.7 Å². The van der Waals surface area contributed by atoms with Crippen molar-refractivity contribution in [1.82, 2.24) is 0 Å². The van der Waals surface area contributed by atoms with Gasteiger partial charge in [-0.1, -0.05) is 72.8 Å². The summed E-state index contributed by atoms with van der Waals surface area (Å²) in [6, 6.07) is 28.0. The first-order valence-electron chi connectivity index (χ1n) is 18.5. The summed E-state index contributed by atoms with van der Waals surface area (Å²) in [5.74, 6) is -2.01. The van der Waals surface area contributed by atoms with Gasteiger partial charge in [-0.2, -0.15) is 0 Å². The number of methoxy groups -OCH3 is 7. The summed E-state index contributed by atoms with van der Waals surface area (Å²) in [5.41, 5.74) is 4.72. The van der Waals surface area contributed by atoms with Gasteiger partial charge in [-0.25, -0.2) is 19.2 Å². The third-order valence-electron chi connectivity index (χ3n) is 7.35. The molecule has 0 saturated carbocycles. The second-order valence-corrected chi connectivity index (χ2v) is 11.0. The molecular formula is C44H61BrLiO14-. The van der Waals surface area contributed by atoms with Crippen molar-refractivity contribution in [1.29, 1.82) is 0 Å². The van der Waals surface area contributed by atoms with E-state index in [1.54, 1.807) is 89.1 Å². The van der Waals surface area contributed by atoms with E-state index >= 15 is 0 Å². The van der Waals surface area contributed by atoms with Crippen molar-refractivity contribution in [2.24, 2.45) is 0 Å². The largest absolute Gasteiger partial charge is 1.00 e. The van der Waals surface area contributed by atoms with Crippen LogP contribution in [0.4, 0.5) is 0 Å². The van der Waals surface area contributed by atoms with Gasteiger partial charge in [-0.15, -0.1) is 0 Å². The fourth-order valence-corrected chi connectivity index (χ4v) is 4.39. The van der Waals surface area contributed by atoms with E-state index in [4.69, 9.17) is 22.3 Å². The number of hydrogen-bond donors (Lipinski definition) is 1. The minimum absolute atomic E-state index is 0. The van der Waals surface area contributed by atoms with Crippen LogP contribution in [0.2, 0.25) is 0 Å². The molecule has 0 atom stereocenters. The second kappa shape index (κ2) is 39.4. The summed E-state index contributed by atoms with van der Waals surface area (Å²) in [6.07, 6.45) is 5.22. The van der Waals surface area contributed by atoms with Crippen LogP contribution in [0.1, 0.15) is 81.2 Å². The fraction of sp³-hybridized carbons (Fsp3) is 0.295. The second-order valence-electron chi connectivity index (χ2n) is 11.0. The first-order valence-corrected chi connectivity index (χ1v) is 17.5. The van der Waals surface area contributed by atoms with E-state index in [-0.39, 0.29) is 56.1 Å². The molecule has 0 fully saturated rings. The summed E-state index contributed by atoms with van der Waals surface area (Å²) in [5, 5.41) is 8.82. The molecule has 4 aromatic rings. The summed E-state index contributed by atoms with van der Waals surface area (Å²) in [4.78, 5) is 54.8. The zero-order valence-electron chi connectivity index (χ0n) is 37.7. The summed E-state index contributed by atoms with van der Waals surface area (Å²) < 4.78 is 43.0. The van der Waals surface area contributed by atoms with Crippen LogP contribution in [-0.2, 0) is 46.0 Å². The molecule has 0 amide bonds. The molecular weight excluding hydrogens is 839 g/mol. The van der Waals surface area contributed by atoms with Crippen LogP contribution in [0.5, 0.6) is 0 Å². The number of rotatable bonds is 14. The van der Waals surface area contributed by atoms with Crippen molar-refractivity contribution in [2.45, 2.75) is 19.8 Å². The van der Waals surface area contributed by atoms with Crippen LogP contribution in [0.25, 0.3) is 6.08 Å². The number of carboxylic acid groups (broad SMARTS) is 1. The summed E-state index contributed by atoms with van der Waals surface area (Å²) in [6.45, 7) is 3.93. The van der Waals surface area contributed by atoms with Crippen molar-refractivity contribution in [3.8, 4) is 0 Å². The Bertz CT molecular complexity index is 1840. The smallest absolute Gasteiger partial charge is 1.00 e. The molecule has 0 spiro atoms. The third-order valence-corrected chi connectivity index (χ3v) is 7.35. The molecule has 0 unspecified atom stereocenters. The molecule has 0 radical (unpaired) electrons. The Hall–Kier alpha value is -5.11. The summed E-state index contributed by atoms with van der Waals surface area (Å²) in [7, 11) is 10.5. The van der Waals surface area contributed by atoms with Crippen molar-refractivity contribution >= 4 is 36.2 Å². The van der Waals surface area contributed by atoms with Gasteiger partial charge in [-0.05, 0) is 66.8 Å². The van der Waals surface area contributed by atoms with Gasteiger partial charge in [0.15, 0.2) is 6.29 Å². The minimum Gasteiger partial charge on any atom is -1.00 e. The van der Waals surface area contributed by atoms with Crippen molar-refractivity contribution in [2.75, 3.05) is 69.6 Å². The number of carbonyl (C=O) groups excluding carboxylic acids is 4. The number of carboxylic acids is 1. The first kappa shape index (κ1) is 59.2. The maximum absolute atomic E-state index is 11.3. The Morgan fingerprint density at radius 2 is 0.950 bits per heavy atom. The molecule has 0 aromatic heterocycles. The molecule has 0 aliphatic carbocycles. The quantitative estimate of drug-likeness (QED) is 0.0632. The Kier molecular flexibility index (Phi) is 38.8. The molecule has 0 saturated heterocycles. The molecule has 60 heavy (non-hydrogen) atoms. The van der Waals surface area contributed by atoms with E-state index in [2.05, 4.69) is 18.9 Å². The Balaban J connectivity index is -0.000000127. The summed E-state index contributed by atoms with van der Waals surface area (Å²) >= 11 is 0. The van der Waals surface area contributed by atoms with Crippen molar-refractivity contribution in [3.05, 3.63) is 148 Å². The van der Waals surface area contributed by atoms with E-state index in [1.807, 2.05) is 49.4 Å². The van der Waals surface area contributed by atoms with E-state index < -0.39 is 11.9 Å². The molecule has 16 heteroatoms. The number of halogens is 1. The zero-order valence-corrected chi connectivity index (χ0v) is 37.3. The van der Waals surface area contributed by atoms with Crippen LogP contribution >= 0.6 is 0 Å². The van der Waals surface area contributed by atoms with Gasteiger partial charge in [-0.3, -0.25) is 4.79 Å². The van der Waals surface area contributed by atoms with Gasteiger partial charge in [0.2, 0.25) is 0 Å². The SMILES string of the molecule is CCOC.CO/C=C/c1ccccc1C(=O)OC.COC(=O)c1ccccc1C=O.COCCc1ccccc1C(=O)O.COCCc1ccccc1C(=O)OC.[2HH].[2H][2H].[Br-].[HH].[Li+].[OH-]. The van der Waals surface area contributed by atoms with Crippen LogP contribution in [0.15, 0.2) is 103 Å². The molecule has 0 heterocycles. The monoisotopic (exact) mass is 902 g/mol. The van der Waals surface area contributed by atoms with Crippen molar-refractivity contribution < 1.29 is 109 Å². The first-order chi connectivity index (χ1) is 28.5. The normalized spacial score (nSPS) is 9.27. The van der Waals surface area contributed by atoms with Gasteiger partial charge in [0.1, 0.15) is 0 Å². The number of carbonyl (C=O) groups is 5. The molecule has 0 aliphatic rings. The zero-order chi connectivity index (χ0) is 44.8. The number of hydrogen-bond acceptors (Lipinski definition) is 13. The van der Waals surface area contributed by atoms with Gasteiger partial charge >= 0.3 is 42.7 Å². The van der Waals surface area contributed by atoms with E-state index in [1.165, 1.54) is 27.6 Å². The van der Waals surface area contributed by atoms with Gasteiger partial charge in [0.25, 0.3) is 0 Å². The third kappa shape index (κ3) is 24.7. The van der Waals surface area contributed by atoms with E-state index in [0.29, 0.717) is 53.7 Å². The average Bonchev–Trinajstić information content (AvgIpc) is 3.30. The van der Waals surface area contributed by atoms with E-state index in [0.717, 1.165) is 29.7 Å². The average molecular weight is 904 g/mol. The number of aldehydes is 1. The molecule has 4 aromatic carbocycles. The molecule has 0 aliphatic heterocycles. The molecule has 4 rings (SSSR count). The molecule has 0 bridgehead atoms. The van der Waals surface area contributed by atoms with Gasteiger partial charge in [0.05, 0.1) is 70.2 Å². The standard InChI is InChI=1S/C11H14O3.C11H12O3.C10H12O3.C9H8O3.C3H8O.BrH.Li.H2O.3H2/c2*1-13-8-7-9-5-3-4-6-10(9)11(12)14-2;1-13-7-6-8-4-2-3-5-9(8)10(11)12;1-12-9(11)8-5-3-2-4-7(8)6-10;1-3-4-2;;;;;;/h3-6H,7-8H2,1-2H3;3-8H,1-2H3;2-5H,6-7H2,1H3,(H,11,12);2-6H,1H3;3H2,1-2H3;1H;;1H2;3*1H/q;;;;;;+1;;;;/p-2/b;8-7+;;;;;;;;;/i;;;;;;;;1+1D;1+1;. The fourth-order valence-electron chi connectivity index (χ4n) is 4.39. The maximum atomic E-state index is 11.3. The number of aromatic carboxylic acids is 1. The van der Waals surface area contributed by atoms with Crippen LogP contribution in [-0.4, -0.2) is 110 Å². The molecule has 2 N–H and O–H groups in total. The number of ether oxygens (including phenoxy) is 7. The molecule has 14 nitrogen and oxygen atoms in total. The Morgan fingerprint density at radius 1 is 0.600 bits per heavy atom. The predicted molar refractivity (Wildman–Crippen MR) is 225 cm³/mol. The maximum Gasteiger partial charge on any atom is 1.00 e. The predicted octanol–water partition coefficient (Wildman–Crippen LogP) is 1.83. The van der Waals surface area contributed by atoms with E-state index in [9.17, 15) is 24.0 Å². The van der Waals surface area contributed by atoms with Crippen LogP contribution < -0.4 is 35.8 Å².